The molecular weight excluding hydrogens is 340 g/mol. The van der Waals surface area contributed by atoms with Gasteiger partial charge in [-0.1, -0.05) is 26.0 Å². The van der Waals surface area contributed by atoms with E-state index in [9.17, 15) is 9.59 Å². The molecule has 1 N–H and O–H groups in total. The van der Waals surface area contributed by atoms with Gasteiger partial charge in [0.05, 0.1) is 0 Å². The predicted molar refractivity (Wildman–Crippen MR) is 107 cm³/mol. The summed E-state index contributed by atoms with van der Waals surface area (Å²) in [4.78, 5) is 25.8. The first-order chi connectivity index (χ1) is 12.9. The third kappa shape index (κ3) is 4.67. The van der Waals surface area contributed by atoms with Gasteiger partial charge in [0.2, 0.25) is 5.91 Å². The van der Waals surface area contributed by atoms with Gasteiger partial charge in [-0.3, -0.25) is 9.59 Å². The van der Waals surface area contributed by atoms with E-state index >= 15 is 0 Å². The van der Waals surface area contributed by atoms with Crippen molar-refractivity contribution in [3.8, 4) is 5.75 Å². The fourth-order valence-electron chi connectivity index (χ4n) is 3.12. The number of hydrogen-bond acceptors (Lipinski definition) is 3. The van der Waals surface area contributed by atoms with E-state index < -0.39 is 0 Å². The zero-order valence-corrected chi connectivity index (χ0v) is 16.1. The number of amides is 2. The molecule has 142 valence electrons. The Balaban J connectivity index is 1.56. The molecule has 27 heavy (non-hydrogen) atoms. The van der Waals surface area contributed by atoms with Crippen LogP contribution in [0.15, 0.2) is 42.5 Å². The minimum atomic E-state index is -0.214. The zero-order valence-electron chi connectivity index (χ0n) is 16.1. The Morgan fingerprint density at radius 3 is 2.56 bits per heavy atom. The third-order valence-electron chi connectivity index (χ3n) is 4.77. The van der Waals surface area contributed by atoms with E-state index in [1.54, 1.807) is 4.90 Å². The summed E-state index contributed by atoms with van der Waals surface area (Å²) in [6, 6.07) is 13.4. The standard InChI is InChI=1S/C22H26N2O3/c1-15(2)17-7-6-16(3)20(13-17)27-14-21(25)23-18-8-10-19(11-9-18)24-12-4-5-22(24)26/h6-11,13,15H,4-5,12,14H2,1-3H3,(H,23,25). The Bertz CT molecular complexity index is 828. The van der Waals surface area contributed by atoms with Crippen molar-refractivity contribution in [3.05, 3.63) is 53.6 Å². The Morgan fingerprint density at radius 1 is 1.19 bits per heavy atom. The van der Waals surface area contributed by atoms with E-state index in [1.165, 1.54) is 5.56 Å². The molecular formula is C22H26N2O3. The topological polar surface area (TPSA) is 58.6 Å². The van der Waals surface area contributed by atoms with Gasteiger partial charge in [0.1, 0.15) is 5.75 Å². The second kappa shape index (κ2) is 8.25. The van der Waals surface area contributed by atoms with Crippen LogP contribution in [-0.2, 0) is 9.59 Å². The van der Waals surface area contributed by atoms with Crippen molar-refractivity contribution >= 4 is 23.2 Å². The summed E-state index contributed by atoms with van der Waals surface area (Å²) >= 11 is 0. The number of carbonyl (C=O) groups is 2. The van der Waals surface area contributed by atoms with Crippen molar-refractivity contribution in [2.75, 3.05) is 23.4 Å². The Labute approximate surface area is 160 Å². The van der Waals surface area contributed by atoms with Crippen molar-refractivity contribution in [3.63, 3.8) is 0 Å². The van der Waals surface area contributed by atoms with Crippen LogP contribution in [0.25, 0.3) is 0 Å². The second-order valence-corrected chi connectivity index (χ2v) is 7.21. The zero-order chi connectivity index (χ0) is 19.4. The van der Waals surface area contributed by atoms with Crippen LogP contribution in [0.3, 0.4) is 0 Å². The summed E-state index contributed by atoms with van der Waals surface area (Å²) in [5, 5.41) is 2.83. The van der Waals surface area contributed by atoms with Crippen LogP contribution in [0, 0.1) is 6.92 Å². The number of rotatable bonds is 6. The Kier molecular flexibility index (Phi) is 5.79. The number of anilines is 2. The molecule has 0 aliphatic carbocycles. The van der Waals surface area contributed by atoms with Gasteiger partial charge in [-0.25, -0.2) is 0 Å². The molecule has 0 unspecified atom stereocenters. The highest BCUT2D eigenvalue weighted by Gasteiger charge is 2.21. The molecule has 1 aliphatic rings. The van der Waals surface area contributed by atoms with Crippen LogP contribution in [0.1, 0.15) is 43.7 Å². The number of carbonyl (C=O) groups excluding carboxylic acids is 2. The van der Waals surface area contributed by atoms with Crippen LogP contribution in [-0.4, -0.2) is 25.0 Å². The molecule has 2 aromatic carbocycles. The first-order valence-corrected chi connectivity index (χ1v) is 9.37. The van der Waals surface area contributed by atoms with Crippen molar-refractivity contribution < 1.29 is 14.3 Å². The summed E-state index contributed by atoms with van der Waals surface area (Å²) in [6.07, 6.45) is 1.50. The largest absolute Gasteiger partial charge is 0.483 e. The highest BCUT2D eigenvalue weighted by molar-refractivity contribution is 5.96. The maximum atomic E-state index is 12.2. The lowest BCUT2D eigenvalue weighted by molar-refractivity contribution is -0.118. The maximum Gasteiger partial charge on any atom is 0.262 e. The first-order valence-electron chi connectivity index (χ1n) is 9.37. The minimum Gasteiger partial charge on any atom is -0.483 e. The lowest BCUT2D eigenvalue weighted by atomic mass is 10.0. The molecule has 1 fully saturated rings. The van der Waals surface area contributed by atoms with Crippen LogP contribution in [0.5, 0.6) is 5.75 Å². The van der Waals surface area contributed by atoms with Crippen molar-refractivity contribution in [2.45, 2.75) is 39.5 Å². The maximum absolute atomic E-state index is 12.2. The molecule has 0 aromatic heterocycles. The predicted octanol–water partition coefficient (Wildman–Crippen LogP) is 4.26. The summed E-state index contributed by atoms with van der Waals surface area (Å²) in [5.74, 6) is 1.08. The molecule has 0 bridgehead atoms. The number of aryl methyl sites for hydroxylation is 1. The van der Waals surface area contributed by atoms with Gasteiger partial charge in [-0.2, -0.15) is 0 Å². The number of ether oxygens (including phenoxy) is 1. The fraction of sp³-hybridized carbons (Fsp3) is 0.364. The van der Waals surface area contributed by atoms with Crippen LogP contribution in [0.4, 0.5) is 11.4 Å². The van der Waals surface area contributed by atoms with Crippen molar-refractivity contribution in [1.29, 1.82) is 0 Å². The molecule has 3 rings (SSSR count). The van der Waals surface area contributed by atoms with Crippen molar-refractivity contribution in [2.24, 2.45) is 0 Å². The van der Waals surface area contributed by atoms with Gasteiger partial charge >= 0.3 is 0 Å². The van der Waals surface area contributed by atoms with Crippen LogP contribution >= 0.6 is 0 Å². The monoisotopic (exact) mass is 366 g/mol. The van der Waals surface area contributed by atoms with Crippen molar-refractivity contribution in [1.82, 2.24) is 0 Å². The Hall–Kier alpha value is -2.82. The molecule has 1 aliphatic heterocycles. The minimum absolute atomic E-state index is 0.0469. The van der Waals surface area contributed by atoms with Gasteiger partial charge < -0.3 is 15.0 Å². The lowest BCUT2D eigenvalue weighted by Crippen LogP contribution is -2.23. The lowest BCUT2D eigenvalue weighted by Gasteiger charge is -2.16. The van der Waals surface area contributed by atoms with Gasteiger partial charge in [0.25, 0.3) is 5.91 Å². The molecule has 0 spiro atoms. The highest BCUT2D eigenvalue weighted by atomic mass is 16.5. The van der Waals surface area contributed by atoms with Crippen LogP contribution in [0.2, 0.25) is 0 Å². The molecule has 0 saturated carbocycles. The molecule has 5 heteroatoms. The van der Waals surface area contributed by atoms with E-state index in [1.807, 2.05) is 43.3 Å². The van der Waals surface area contributed by atoms with Gasteiger partial charge in [-0.15, -0.1) is 0 Å². The van der Waals surface area contributed by atoms with Gasteiger partial charge in [-0.05, 0) is 60.7 Å². The second-order valence-electron chi connectivity index (χ2n) is 7.21. The molecule has 0 radical (unpaired) electrons. The van der Waals surface area contributed by atoms with E-state index in [0.29, 0.717) is 18.0 Å². The summed E-state index contributed by atoms with van der Waals surface area (Å²) in [5.41, 5.74) is 3.74. The SMILES string of the molecule is Cc1ccc(C(C)C)cc1OCC(=O)Nc1ccc(N2CCCC2=O)cc1. The quantitative estimate of drug-likeness (QED) is 0.831. The highest BCUT2D eigenvalue weighted by Crippen LogP contribution is 2.25. The van der Waals surface area contributed by atoms with Gasteiger partial charge in [0.15, 0.2) is 6.61 Å². The van der Waals surface area contributed by atoms with Gasteiger partial charge in [0, 0.05) is 24.3 Å². The fourth-order valence-corrected chi connectivity index (χ4v) is 3.12. The summed E-state index contributed by atoms with van der Waals surface area (Å²) in [7, 11) is 0. The molecule has 2 amide bonds. The summed E-state index contributed by atoms with van der Waals surface area (Å²) in [6.45, 7) is 6.93. The first kappa shape index (κ1) is 19.0. The van der Waals surface area contributed by atoms with E-state index in [4.69, 9.17) is 4.74 Å². The van der Waals surface area contributed by atoms with E-state index in [-0.39, 0.29) is 18.4 Å². The Morgan fingerprint density at radius 2 is 1.93 bits per heavy atom. The van der Waals surface area contributed by atoms with E-state index in [0.717, 1.165) is 30.0 Å². The number of hydrogen-bond donors (Lipinski definition) is 1. The third-order valence-corrected chi connectivity index (χ3v) is 4.77. The average molecular weight is 366 g/mol. The van der Waals surface area contributed by atoms with Crippen LogP contribution < -0.4 is 15.0 Å². The molecule has 5 nitrogen and oxygen atoms in total. The molecule has 0 atom stereocenters. The molecule has 1 saturated heterocycles. The number of nitrogens with one attached hydrogen (secondary N) is 1. The number of benzene rings is 2. The smallest absolute Gasteiger partial charge is 0.262 e. The normalized spacial score (nSPS) is 13.9. The number of nitrogens with zero attached hydrogens (tertiary/aromatic N) is 1. The summed E-state index contributed by atoms with van der Waals surface area (Å²) < 4.78 is 5.72. The average Bonchev–Trinajstić information content (AvgIpc) is 3.07. The molecule has 1 heterocycles. The molecule has 2 aromatic rings. The van der Waals surface area contributed by atoms with E-state index in [2.05, 4.69) is 25.2 Å².